The zero-order valence-electron chi connectivity index (χ0n) is 12.3. The average molecular weight is 356 g/mol. The second-order valence-corrected chi connectivity index (χ2v) is 6.59. The second kappa shape index (κ2) is 7.87. The fourth-order valence-corrected chi connectivity index (χ4v) is 3.08. The van der Waals surface area contributed by atoms with Crippen LogP contribution in [0, 0.1) is 10.1 Å². The van der Waals surface area contributed by atoms with Crippen LogP contribution in [-0.2, 0) is 6.54 Å². The number of likely N-dealkylation sites (tertiary alicyclic amines) is 1. The molecule has 1 unspecified atom stereocenters. The van der Waals surface area contributed by atoms with E-state index in [4.69, 9.17) is 0 Å². The Kier molecular flexibility index (Phi) is 6.14. The monoisotopic (exact) mass is 355 g/mol. The molecule has 0 radical (unpaired) electrons. The first-order valence-electron chi connectivity index (χ1n) is 7.45. The van der Waals surface area contributed by atoms with Gasteiger partial charge in [0.25, 0.3) is 5.69 Å². The van der Waals surface area contributed by atoms with Gasteiger partial charge in [-0.1, -0.05) is 22.4 Å². The summed E-state index contributed by atoms with van der Waals surface area (Å²) in [5, 5.41) is 14.5. The number of piperidine rings is 1. The lowest BCUT2D eigenvalue weighted by Gasteiger charge is -2.29. The molecule has 1 fully saturated rings. The van der Waals surface area contributed by atoms with Crippen LogP contribution in [0.5, 0.6) is 0 Å². The fraction of sp³-hybridized carbons (Fsp3) is 0.600. The van der Waals surface area contributed by atoms with Crippen molar-refractivity contribution in [1.82, 2.24) is 10.2 Å². The van der Waals surface area contributed by atoms with Gasteiger partial charge in [0, 0.05) is 35.2 Å². The highest BCUT2D eigenvalue weighted by molar-refractivity contribution is 9.10. The van der Waals surface area contributed by atoms with E-state index in [1.165, 1.54) is 32.4 Å². The average Bonchev–Trinajstić information content (AvgIpc) is 2.47. The van der Waals surface area contributed by atoms with Gasteiger partial charge in [0.2, 0.25) is 0 Å². The molecule has 5 nitrogen and oxygen atoms in total. The van der Waals surface area contributed by atoms with E-state index < -0.39 is 0 Å². The molecule has 0 amide bonds. The summed E-state index contributed by atoms with van der Waals surface area (Å²) in [5.74, 6) is 0. The predicted octanol–water partition coefficient (Wildman–Crippen LogP) is 3.32. The fourth-order valence-electron chi connectivity index (χ4n) is 2.73. The number of hydrogen-bond donors (Lipinski definition) is 1. The normalized spacial score (nSPS) is 17.6. The van der Waals surface area contributed by atoms with Crippen LogP contribution in [0.15, 0.2) is 22.7 Å². The minimum Gasteiger partial charge on any atom is -0.309 e. The van der Waals surface area contributed by atoms with E-state index in [1.54, 1.807) is 6.07 Å². The first-order chi connectivity index (χ1) is 10.1. The summed E-state index contributed by atoms with van der Waals surface area (Å²) in [5.41, 5.74) is 0.899. The second-order valence-electron chi connectivity index (χ2n) is 5.67. The lowest BCUT2D eigenvalue weighted by Crippen LogP contribution is -2.41. The van der Waals surface area contributed by atoms with Gasteiger partial charge in [-0.3, -0.25) is 10.1 Å². The van der Waals surface area contributed by atoms with Gasteiger partial charge < -0.3 is 10.2 Å². The van der Waals surface area contributed by atoms with E-state index in [-0.39, 0.29) is 10.6 Å². The van der Waals surface area contributed by atoms with Crippen LogP contribution in [0.4, 0.5) is 5.69 Å². The van der Waals surface area contributed by atoms with E-state index in [1.807, 2.05) is 12.1 Å². The summed E-state index contributed by atoms with van der Waals surface area (Å²) in [4.78, 5) is 13.2. The van der Waals surface area contributed by atoms with Gasteiger partial charge in [-0.05, 0) is 45.0 Å². The van der Waals surface area contributed by atoms with Crippen molar-refractivity contribution in [3.63, 3.8) is 0 Å². The zero-order chi connectivity index (χ0) is 15.2. The molecule has 1 saturated heterocycles. The molecule has 6 heteroatoms. The molecule has 2 rings (SSSR count). The first kappa shape index (κ1) is 16.4. The van der Waals surface area contributed by atoms with Crippen LogP contribution in [0.3, 0.4) is 0 Å². The van der Waals surface area contributed by atoms with E-state index in [9.17, 15) is 10.1 Å². The van der Waals surface area contributed by atoms with Crippen molar-refractivity contribution in [2.75, 3.05) is 19.6 Å². The van der Waals surface area contributed by atoms with Crippen LogP contribution in [0.1, 0.15) is 31.7 Å². The number of nitrogens with zero attached hydrogens (tertiary/aromatic N) is 2. The Hall–Kier alpha value is -0.980. The van der Waals surface area contributed by atoms with Crippen LogP contribution >= 0.6 is 15.9 Å². The Bertz CT molecular complexity index is 490. The molecule has 0 aromatic heterocycles. The Morgan fingerprint density at radius 1 is 1.38 bits per heavy atom. The highest BCUT2D eigenvalue weighted by Gasteiger charge is 2.16. The van der Waals surface area contributed by atoms with E-state index in [2.05, 4.69) is 33.1 Å². The van der Waals surface area contributed by atoms with Crippen LogP contribution in [-0.4, -0.2) is 35.5 Å². The Balaban J connectivity index is 1.88. The molecule has 1 heterocycles. The van der Waals surface area contributed by atoms with Gasteiger partial charge in [-0.2, -0.15) is 0 Å². The summed E-state index contributed by atoms with van der Waals surface area (Å²) >= 11 is 3.28. The molecule has 1 aliphatic heterocycles. The number of halogens is 1. The van der Waals surface area contributed by atoms with Gasteiger partial charge >= 0.3 is 0 Å². The molecule has 1 atom stereocenters. The number of rotatable bonds is 6. The van der Waals surface area contributed by atoms with Crippen molar-refractivity contribution in [2.24, 2.45) is 0 Å². The van der Waals surface area contributed by atoms with Crippen molar-refractivity contribution < 1.29 is 4.92 Å². The van der Waals surface area contributed by atoms with Crippen LogP contribution < -0.4 is 5.32 Å². The third-order valence-electron chi connectivity index (χ3n) is 3.87. The van der Waals surface area contributed by atoms with Crippen molar-refractivity contribution in [2.45, 2.75) is 38.8 Å². The van der Waals surface area contributed by atoms with Gasteiger partial charge in [0.15, 0.2) is 0 Å². The maximum absolute atomic E-state index is 11.1. The topological polar surface area (TPSA) is 58.4 Å². The third-order valence-corrected chi connectivity index (χ3v) is 4.36. The minimum absolute atomic E-state index is 0.169. The number of hydrogen-bond acceptors (Lipinski definition) is 4. The number of benzene rings is 1. The van der Waals surface area contributed by atoms with Gasteiger partial charge in [-0.15, -0.1) is 0 Å². The van der Waals surface area contributed by atoms with Gasteiger partial charge in [-0.25, -0.2) is 0 Å². The molecule has 1 aromatic carbocycles. The van der Waals surface area contributed by atoms with Crippen molar-refractivity contribution >= 4 is 21.6 Å². The smallest absolute Gasteiger partial charge is 0.275 e. The largest absolute Gasteiger partial charge is 0.309 e. The maximum Gasteiger partial charge on any atom is 0.275 e. The third kappa shape index (κ3) is 5.05. The molecule has 0 saturated carbocycles. The summed E-state index contributed by atoms with van der Waals surface area (Å²) in [6.45, 7) is 6.01. The molecular formula is C15H22BrN3O2. The minimum atomic E-state index is -0.322. The van der Waals surface area contributed by atoms with Crippen LogP contribution in [0.2, 0.25) is 0 Å². The highest BCUT2D eigenvalue weighted by Crippen LogP contribution is 2.23. The molecular weight excluding hydrogens is 334 g/mol. The van der Waals surface area contributed by atoms with Crippen LogP contribution in [0.25, 0.3) is 0 Å². The molecule has 1 aliphatic rings. The first-order valence-corrected chi connectivity index (χ1v) is 8.24. The molecule has 1 aromatic rings. The Morgan fingerprint density at radius 2 is 2.10 bits per heavy atom. The Labute approximate surface area is 134 Å². The van der Waals surface area contributed by atoms with E-state index >= 15 is 0 Å². The quantitative estimate of drug-likeness (QED) is 0.628. The maximum atomic E-state index is 11.1. The predicted molar refractivity (Wildman–Crippen MR) is 87.4 cm³/mol. The standard InChI is InChI=1S/C15H22BrN3O2/c1-12(11-18-7-3-2-4-8-18)17-10-13-5-6-14(16)9-15(13)19(20)21/h5-6,9,12,17H,2-4,7-8,10-11H2,1H3. The SMILES string of the molecule is CC(CN1CCCCC1)NCc1ccc(Br)cc1[N+](=O)[O-]. The summed E-state index contributed by atoms with van der Waals surface area (Å²) in [7, 11) is 0. The van der Waals surface area contributed by atoms with Gasteiger partial charge in [0.05, 0.1) is 4.92 Å². The number of nitro groups is 1. The molecule has 116 valence electrons. The number of nitrogens with one attached hydrogen (secondary N) is 1. The van der Waals surface area contributed by atoms with Crippen molar-refractivity contribution in [3.05, 3.63) is 38.3 Å². The molecule has 0 aliphatic carbocycles. The summed E-state index contributed by atoms with van der Waals surface area (Å²) in [6.07, 6.45) is 3.90. The zero-order valence-corrected chi connectivity index (χ0v) is 13.9. The summed E-state index contributed by atoms with van der Waals surface area (Å²) < 4.78 is 0.735. The Morgan fingerprint density at radius 3 is 2.76 bits per heavy atom. The van der Waals surface area contributed by atoms with E-state index in [0.717, 1.165) is 16.6 Å². The van der Waals surface area contributed by atoms with Gasteiger partial charge in [0.1, 0.15) is 0 Å². The highest BCUT2D eigenvalue weighted by atomic mass is 79.9. The van der Waals surface area contributed by atoms with E-state index in [0.29, 0.717) is 12.6 Å². The van der Waals surface area contributed by atoms with Crippen molar-refractivity contribution in [3.8, 4) is 0 Å². The molecule has 0 bridgehead atoms. The molecule has 1 N–H and O–H groups in total. The lowest BCUT2D eigenvalue weighted by molar-refractivity contribution is -0.385. The van der Waals surface area contributed by atoms with Crippen molar-refractivity contribution in [1.29, 1.82) is 0 Å². The summed E-state index contributed by atoms with van der Waals surface area (Å²) in [6, 6.07) is 5.54. The molecule has 0 spiro atoms. The molecule has 21 heavy (non-hydrogen) atoms. The number of nitro benzene ring substituents is 1. The lowest BCUT2D eigenvalue weighted by atomic mass is 10.1.